The Kier molecular flexibility index (Phi) is 4.03. The molecule has 0 N–H and O–H groups in total. The van der Waals surface area contributed by atoms with E-state index in [9.17, 15) is 4.79 Å². The second-order valence-corrected chi connectivity index (χ2v) is 8.14. The van der Waals surface area contributed by atoms with Crippen LogP contribution in [0.4, 0.5) is 0 Å². The highest BCUT2D eigenvalue weighted by Gasteiger charge is 2.50. The number of fused-ring (bicyclic) bond motifs is 2. The van der Waals surface area contributed by atoms with Crippen molar-refractivity contribution in [3.8, 4) is 5.75 Å². The van der Waals surface area contributed by atoms with Gasteiger partial charge in [0.2, 0.25) is 0 Å². The van der Waals surface area contributed by atoms with Crippen molar-refractivity contribution in [2.24, 2.45) is 17.8 Å². The smallest absolute Gasteiger partial charge is 0.338 e. The number of likely N-dealkylation sites (tertiary alicyclic amines) is 1. The number of cyclic esters (lactones) is 1. The molecule has 0 amide bonds. The molecule has 4 rings (SSSR count). The molecule has 4 heteroatoms. The van der Waals surface area contributed by atoms with E-state index < -0.39 is 0 Å². The molecule has 1 aromatic rings. The maximum absolute atomic E-state index is 11.6. The third kappa shape index (κ3) is 3.04. The molecule has 4 atom stereocenters. The number of carbonyl (C=O) groups excluding carboxylic acids is 1. The zero-order chi connectivity index (χ0) is 16.8. The molecule has 2 aliphatic heterocycles. The summed E-state index contributed by atoms with van der Waals surface area (Å²) < 4.78 is 11.4. The summed E-state index contributed by atoms with van der Waals surface area (Å²) in [6.45, 7) is 9.55. The lowest BCUT2D eigenvalue weighted by Crippen LogP contribution is -2.47. The Bertz CT molecular complexity index is 642. The lowest BCUT2D eigenvalue weighted by atomic mass is 10.00. The number of hydrogen-bond acceptors (Lipinski definition) is 4. The summed E-state index contributed by atoms with van der Waals surface area (Å²) >= 11 is 0. The largest absolute Gasteiger partial charge is 0.489 e. The lowest BCUT2D eigenvalue weighted by molar-refractivity contribution is 0.0518. The van der Waals surface area contributed by atoms with Gasteiger partial charge in [0.1, 0.15) is 18.5 Å². The van der Waals surface area contributed by atoms with Gasteiger partial charge in [0.25, 0.3) is 0 Å². The van der Waals surface area contributed by atoms with Crippen LogP contribution in [0.5, 0.6) is 5.75 Å². The Morgan fingerprint density at radius 1 is 1.29 bits per heavy atom. The molecular formula is C20H27NO3. The Morgan fingerprint density at radius 3 is 2.92 bits per heavy atom. The molecule has 0 aromatic heterocycles. The predicted molar refractivity (Wildman–Crippen MR) is 92.1 cm³/mol. The summed E-state index contributed by atoms with van der Waals surface area (Å²) in [7, 11) is 0. The summed E-state index contributed by atoms with van der Waals surface area (Å²) in [5, 5.41) is 0. The first-order valence-corrected chi connectivity index (χ1v) is 9.22. The average Bonchev–Trinajstić information content (AvgIpc) is 3.24. The van der Waals surface area contributed by atoms with Gasteiger partial charge in [-0.25, -0.2) is 4.79 Å². The molecule has 2 heterocycles. The van der Waals surface area contributed by atoms with Crippen molar-refractivity contribution >= 4 is 5.97 Å². The van der Waals surface area contributed by atoms with Crippen LogP contribution >= 0.6 is 0 Å². The van der Waals surface area contributed by atoms with Gasteiger partial charge in [-0.05, 0) is 49.8 Å². The number of esters is 1. The zero-order valence-corrected chi connectivity index (χ0v) is 14.8. The number of benzene rings is 1. The number of ether oxygens (including phenoxy) is 2. The number of rotatable bonds is 5. The van der Waals surface area contributed by atoms with Crippen LogP contribution in [-0.4, -0.2) is 36.1 Å². The van der Waals surface area contributed by atoms with Gasteiger partial charge in [0.05, 0.1) is 5.56 Å². The highest BCUT2D eigenvalue weighted by molar-refractivity contribution is 5.93. The molecule has 0 radical (unpaired) electrons. The number of piperidine rings is 1. The first kappa shape index (κ1) is 15.9. The van der Waals surface area contributed by atoms with Gasteiger partial charge in [-0.1, -0.05) is 13.8 Å². The SMILES string of the molecule is CC(C)CC(C)N1C[C@@H]2C[C@@H]2[C@H](Oc2ccc3c(c2)COC3=O)C1. The van der Waals surface area contributed by atoms with E-state index in [0.29, 0.717) is 24.1 Å². The van der Waals surface area contributed by atoms with E-state index in [1.807, 2.05) is 18.2 Å². The van der Waals surface area contributed by atoms with E-state index in [1.165, 1.54) is 19.4 Å². The molecule has 1 aliphatic carbocycles. The second-order valence-electron chi connectivity index (χ2n) is 8.14. The summed E-state index contributed by atoms with van der Waals surface area (Å²) in [4.78, 5) is 14.2. The van der Waals surface area contributed by atoms with Gasteiger partial charge in [-0.3, -0.25) is 4.90 Å². The highest BCUT2D eigenvalue weighted by atomic mass is 16.5. The molecule has 2 fully saturated rings. The summed E-state index contributed by atoms with van der Waals surface area (Å²) in [6.07, 6.45) is 2.80. The topological polar surface area (TPSA) is 38.8 Å². The third-order valence-corrected chi connectivity index (χ3v) is 5.72. The van der Waals surface area contributed by atoms with E-state index in [-0.39, 0.29) is 12.1 Å². The van der Waals surface area contributed by atoms with Crippen molar-refractivity contribution in [2.75, 3.05) is 13.1 Å². The molecular weight excluding hydrogens is 302 g/mol. The molecule has 0 bridgehead atoms. The predicted octanol–water partition coefficient (Wildman–Crippen LogP) is 3.49. The van der Waals surface area contributed by atoms with Gasteiger partial charge in [0.15, 0.2) is 0 Å². The van der Waals surface area contributed by atoms with E-state index in [0.717, 1.165) is 29.7 Å². The number of nitrogens with zero attached hydrogens (tertiary/aromatic N) is 1. The summed E-state index contributed by atoms with van der Waals surface area (Å²) in [5.41, 5.74) is 1.63. The van der Waals surface area contributed by atoms with E-state index in [4.69, 9.17) is 9.47 Å². The van der Waals surface area contributed by atoms with Crippen LogP contribution in [0, 0.1) is 17.8 Å². The van der Waals surface area contributed by atoms with E-state index >= 15 is 0 Å². The van der Waals surface area contributed by atoms with Gasteiger partial charge in [-0.2, -0.15) is 0 Å². The van der Waals surface area contributed by atoms with Crippen molar-refractivity contribution in [1.29, 1.82) is 0 Å². The molecule has 1 unspecified atom stereocenters. The summed E-state index contributed by atoms with van der Waals surface area (Å²) in [6, 6.07) is 6.35. The van der Waals surface area contributed by atoms with Crippen molar-refractivity contribution in [2.45, 2.75) is 52.4 Å². The van der Waals surface area contributed by atoms with Crippen LogP contribution in [0.15, 0.2) is 18.2 Å². The van der Waals surface area contributed by atoms with Crippen molar-refractivity contribution in [1.82, 2.24) is 4.90 Å². The van der Waals surface area contributed by atoms with Crippen LogP contribution in [0.2, 0.25) is 0 Å². The van der Waals surface area contributed by atoms with Crippen LogP contribution in [0.1, 0.15) is 49.5 Å². The number of hydrogen-bond donors (Lipinski definition) is 0. The number of carbonyl (C=O) groups is 1. The Balaban J connectivity index is 1.44. The summed E-state index contributed by atoms with van der Waals surface area (Å²) in [5.74, 6) is 2.90. The van der Waals surface area contributed by atoms with Crippen molar-refractivity contribution in [3.05, 3.63) is 29.3 Å². The fraction of sp³-hybridized carbons (Fsp3) is 0.650. The Morgan fingerprint density at radius 2 is 2.12 bits per heavy atom. The fourth-order valence-electron chi connectivity index (χ4n) is 4.35. The molecule has 0 spiro atoms. The normalized spacial score (nSPS) is 29.8. The third-order valence-electron chi connectivity index (χ3n) is 5.72. The Labute approximate surface area is 144 Å². The van der Waals surface area contributed by atoms with Crippen LogP contribution in [-0.2, 0) is 11.3 Å². The zero-order valence-electron chi connectivity index (χ0n) is 14.8. The molecule has 130 valence electrons. The van der Waals surface area contributed by atoms with Crippen LogP contribution in [0.3, 0.4) is 0 Å². The minimum atomic E-state index is -0.217. The molecule has 3 aliphatic rings. The first-order chi connectivity index (χ1) is 11.5. The van der Waals surface area contributed by atoms with E-state index in [2.05, 4.69) is 25.7 Å². The van der Waals surface area contributed by atoms with Gasteiger partial charge in [0, 0.05) is 30.6 Å². The monoisotopic (exact) mass is 329 g/mol. The minimum absolute atomic E-state index is 0.217. The highest BCUT2D eigenvalue weighted by Crippen LogP contribution is 2.47. The van der Waals surface area contributed by atoms with Gasteiger partial charge >= 0.3 is 5.97 Å². The minimum Gasteiger partial charge on any atom is -0.489 e. The average molecular weight is 329 g/mol. The maximum atomic E-state index is 11.6. The molecule has 4 nitrogen and oxygen atoms in total. The van der Waals surface area contributed by atoms with Crippen LogP contribution < -0.4 is 4.74 Å². The lowest BCUT2D eigenvalue weighted by Gasteiger charge is -2.37. The maximum Gasteiger partial charge on any atom is 0.338 e. The quantitative estimate of drug-likeness (QED) is 0.775. The van der Waals surface area contributed by atoms with Gasteiger partial charge < -0.3 is 9.47 Å². The molecule has 24 heavy (non-hydrogen) atoms. The van der Waals surface area contributed by atoms with Crippen molar-refractivity contribution < 1.29 is 14.3 Å². The molecule has 1 saturated heterocycles. The standard InChI is InChI=1S/C20H27NO3/c1-12(2)6-13(3)21-9-14-8-18(14)19(10-21)24-16-4-5-17-15(7-16)11-23-20(17)22/h4-5,7,12-14,18-19H,6,8-11H2,1-3H3/t13?,14-,18-,19+/m0/s1. The Hall–Kier alpha value is -1.55. The van der Waals surface area contributed by atoms with E-state index in [1.54, 1.807) is 0 Å². The fourth-order valence-corrected chi connectivity index (χ4v) is 4.35. The molecule has 1 aromatic carbocycles. The van der Waals surface area contributed by atoms with Crippen LogP contribution in [0.25, 0.3) is 0 Å². The molecule has 1 saturated carbocycles. The van der Waals surface area contributed by atoms with Crippen molar-refractivity contribution in [3.63, 3.8) is 0 Å². The van der Waals surface area contributed by atoms with Gasteiger partial charge in [-0.15, -0.1) is 0 Å². The second kappa shape index (κ2) is 6.07. The first-order valence-electron chi connectivity index (χ1n) is 9.22.